The first-order chi connectivity index (χ1) is 19.5. The Labute approximate surface area is 237 Å². The topological polar surface area (TPSA) is 109 Å². The zero-order valence-corrected chi connectivity index (χ0v) is 23.5. The average molecular weight is 566 g/mol. The molecule has 1 N–H and O–H groups in total. The van der Waals surface area contributed by atoms with Gasteiger partial charge in [-0.15, -0.1) is 0 Å². The van der Waals surface area contributed by atoms with Crippen LogP contribution in [0.5, 0.6) is 5.75 Å². The van der Waals surface area contributed by atoms with Crippen LogP contribution in [0, 0.1) is 23.0 Å². The number of carbonyl (C=O) groups excluding carboxylic acids is 2. The number of rotatable bonds is 6. The number of ether oxygens (including phenoxy) is 2. The second-order valence-corrected chi connectivity index (χ2v) is 10.9. The van der Waals surface area contributed by atoms with Crippen LogP contribution in [-0.2, 0) is 16.1 Å². The van der Waals surface area contributed by atoms with E-state index < -0.39 is 23.3 Å². The van der Waals surface area contributed by atoms with Crippen molar-refractivity contribution < 1.29 is 27.8 Å². The number of benzene rings is 2. The lowest BCUT2D eigenvalue weighted by atomic mass is 10.0. The second-order valence-electron chi connectivity index (χ2n) is 10.9. The Kier molecular flexibility index (Phi) is 8.91. The van der Waals surface area contributed by atoms with Crippen LogP contribution >= 0.6 is 0 Å². The minimum Gasteiger partial charge on any atom is -0.494 e. The molecule has 3 aromatic rings. The van der Waals surface area contributed by atoms with Gasteiger partial charge in [0.2, 0.25) is 5.91 Å². The first-order valence-electron chi connectivity index (χ1n) is 13.4. The Morgan fingerprint density at radius 2 is 1.85 bits per heavy atom. The lowest BCUT2D eigenvalue weighted by Gasteiger charge is -2.26. The van der Waals surface area contributed by atoms with E-state index in [2.05, 4.69) is 10.4 Å². The molecule has 0 aliphatic carbocycles. The van der Waals surface area contributed by atoms with Crippen molar-refractivity contribution >= 4 is 12.0 Å². The van der Waals surface area contributed by atoms with E-state index in [1.54, 1.807) is 50.1 Å². The van der Waals surface area contributed by atoms with E-state index in [1.807, 2.05) is 0 Å². The maximum Gasteiger partial charge on any atom is 0.407 e. The summed E-state index contributed by atoms with van der Waals surface area (Å²) in [7, 11) is 1.36. The number of carbonyl (C=O) groups is 2. The zero-order chi connectivity index (χ0) is 29.7. The highest BCUT2D eigenvalue weighted by Gasteiger charge is 2.26. The van der Waals surface area contributed by atoms with Crippen LogP contribution in [0.3, 0.4) is 0 Å². The van der Waals surface area contributed by atoms with E-state index in [0.717, 1.165) is 12.8 Å². The number of amides is 2. The predicted octanol–water partition coefficient (Wildman–Crippen LogP) is 5.28. The number of nitrogens with one attached hydrogen (secondary N) is 1. The molecule has 1 saturated heterocycles. The number of alkyl carbamates (subject to hydrolysis) is 1. The molecule has 4 rings (SSSR count). The van der Waals surface area contributed by atoms with E-state index in [4.69, 9.17) is 14.7 Å². The van der Waals surface area contributed by atoms with Gasteiger partial charge >= 0.3 is 6.09 Å². The Morgan fingerprint density at radius 1 is 1.12 bits per heavy atom. The van der Waals surface area contributed by atoms with Gasteiger partial charge in [-0.25, -0.2) is 13.6 Å². The van der Waals surface area contributed by atoms with E-state index in [-0.39, 0.29) is 29.8 Å². The van der Waals surface area contributed by atoms with Crippen molar-refractivity contribution in [3.63, 3.8) is 0 Å². The maximum atomic E-state index is 14.6. The van der Waals surface area contributed by atoms with Crippen LogP contribution < -0.4 is 10.1 Å². The number of hydrogen-bond acceptors (Lipinski definition) is 6. The van der Waals surface area contributed by atoms with Gasteiger partial charge in [-0.05, 0) is 69.9 Å². The van der Waals surface area contributed by atoms with Crippen LogP contribution in [0.4, 0.5) is 13.6 Å². The van der Waals surface area contributed by atoms with Gasteiger partial charge < -0.3 is 19.7 Å². The molecular formula is C30H33F2N5O4. The molecule has 1 aliphatic rings. The zero-order valence-electron chi connectivity index (χ0n) is 23.5. The SMILES string of the molecule is COc1ccc(-c2cn(CC(=O)N3CCCC[C@@H](NC(=O)OC(C)(C)C)C3)nc2-c2ccc(C#N)c(F)c2)cc1F. The third-order valence-electron chi connectivity index (χ3n) is 6.63. The van der Waals surface area contributed by atoms with Crippen molar-refractivity contribution in [1.29, 1.82) is 5.26 Å². The summed E-state index contributed by atoms with van der Waals surface area (Å²) in [6.07, 6.45) is 3.42. The molecule has 0 unspecified atom stereocenters. The monoisotopic (exact) mass is 565 g/mol. The number of nitrogens with zero attached hydrogens (tertiary/aromatic N) is 4. The summed E-state index contributed by atoms with van der Waals surface area (Å²) in [6, 6.07) is 10.0. The van der Waals surface area contributed by atoms with Crippen LogP contribution in [0.15, 0.2) is 42.6 Å². The summed E-state index contributed by atoms with van der Waals surface area (Å²) in [6.45, 7) is 6.09. The van der Waals surface area contributed by atoms with Crippen molar-refractivity contribution in [1.82, 2.24) is 20.0 Å². The summed E-state index contributed by atoms with van der Waals surface area (Å²) in [5, 5.41) is 16.6. The van der Waals surface area contributed by atoms with Gasteiger partial charge in [-0.1, -0.05) is 12.1 Å². The second kappa shape index (κ2) is 12.4. The molecular weight excluding hydrogens is 532 g/mol. The Bertz CT molecular complexity index is 1470. The largest absolute Gasteiger partial charge is 0.494 e. The number of hydrogen-bond donors (Lipinski definition) is 1. The molecule has 1 atom stereocenters. The molecule has 11 heteroatoms. The van der Waals surface area contributed by atoms with Crippen LogP contribution in [0.25, 0.3) is 22.4 Å². The van der Waals surface area contributed by atoms with Crippen LogP contribution in [-0.4, -0.2) is 58.5 Å². The smallest absolute Gasteiger partial charge is 0.407 e. The summed E-state index contributed by atoms with van der Waals surface area (Å²) in [4.78, 5) is 27.4. The van der Waals surface area contributed by atoms with Gasteiger partial charge in [0.1, 0.15) is 29.7 Å². The molecule has 2 amide bonds. The number of methoxy groups -OCH3 is 1. The number of aromatic nitrogens is 2. The minimum absolute atomic E-state index is 0.0676. The van der Waals surface area contributed by atoms with Crippen molar-refractivity contribution in [2.24, 2.45) is 0 Å². The van der Waals surface area contributed by atoms with Crippen molar-refractivity contribution in [2.45, 2.75) is 58.2 Å². The first kappa shape index (κ1) is 29.5. The first-order valence-corrected chi connectivity index (χ1v) is 13.4. The fourth-order valence-electron chi connectivity index (χ4n) is 4.71. The molecule has 2 aromatic carbocycles. The Hall–Kier alpha value is -4.46. The molecule has 0 saturated carbocycles. The summed E-state index contributed by atoms with van der Waals surface area (Å²) in [5.74, 6) is -1.44. The predicted molar refractivity (Wildman–Crippen MR) is 148 cm³/mol. The van der Waals surface area contributed by atoms with Crippen LogP contribution in [0.1, 0.15) is 45.6 Å². The molecule has 216 valence electrons. The van der Waals surface area contributed by atoms with Crippen molar-refractivity contribution in [3.05, 3.63) is 59.8 Å². The van der Waals surface area contributed by atoms with Crippen LogP contribution in [0.2, 0.25) is 0 Å². The highest BCUT2D eigenvalue weighted by molar-refractivity contribution is 5.82. The van der Waals surface area contributed by atoms with Gasteiger partial charge in [-0.3, -0.25) is 9.48 Å². The standard InChI is InChI=1S/C30H33F2N5O4/c1-30(2,3)41-29(39)34-22-7-5-6-12-36(16-22)27(38)18-37-17-23(19-10-11-26(40-4)25(32)13-19)28(35-37)20-8-9-21(15-33)24(31)14-20/h8-11,13-14,17,22H,5-7,12,16,18H2,1-4H3,(H,34,39)/t22-/m1/s1. The third kappa shape index (κ3) is 7.39. The fraction of sp³-hybridized carbons (Fsp3) is 0.400. The quantitative estimate of drug-likeness (QED) is 0.436. The molecule has 2 heterocycles. The normalized spacial score (nSPS) is 15.5. The van der Waals surface area contributed by atoms with Gasteiger partial charge in [0.15, 0.2) is 11.6 Å². The average Bonchev–Trinajstić information content (AvgIpc) is 3.18. The lowest BCUT2D eigenvalue weighted by molar-refractivity contribution is -0.132. The lowest BCUT2D eigenvalue weighted by Crippen LogP contribution is -2.46. The molecule has 0 bridgehead atoms. The number of halogens is 2. The number of nitriles is 1. The third-order valence-corrected chi connectivity index (χ3v) is 6.63. The van der Waals surface area contributed by atoms with E-state index in [1.165, 1.54) is 36.1 Å². The highest BCUT2D eigenvalue weighted by atomic mass is 19.1. The van der Waals surface area contributed by atoms with Gasteiger partial charge in [0, 0.05) is 36.5 Å². The molecule has 9 nitrogen and oxygen atoms in total. The van der Waals surface area contributed by atoms with Crippen molar-refractivity contribution in [3.8, 4) is 34.2 Å². The molecule has 41 heavy (non-hydrogen) atoms. The van der Waals surface area contributed by atoms with E-state index in [9.17, 15) is 18.4 Å². The Morgan fingerprint density at radius 3 is 2.51 bits per heavy atom. The minimum atomic E-state index is -0.712. The molecule has 1 aromatic heterocycles. The van der Waals surface area contributed by atoms with Gasteiger partial charge in [0.25, 0.3) is 0 Å². The van der Waals surface area contributed by atoms with Gasteiger partial charge in [-0.2, -0.15) is 10.4 Å². The summed E-state index contributed by atoms with van der Waals surface area (Å²) < 4.78 is 40.9. The Balaban J connectivity index is 1.60. The highest BCUT2D eigenvalue weighted by Crippen LogP contribution is 2.34. The summed E-state index contributed by atoms with van der Waals surface area (Å²) in [5.41, 5.74) is 0.879. The fourth-order valence-corrected chi connectivity index (χ4v) is 4.71. The molecule has 1 aliphatic heterocycles. The van der Waals surface area contributed by atoms with E-state index in [0.29, 0.717) is 41.9 Å². The number of likely N-dealkylation sites (tertiary alicyclic amines) is 1. The molecule has 0 radical (unpaired) electrons. The molecule has 0 spiro atoms. The maximum absolute atomic E-state index is 14.6. The van der Waals surface area contributed by atoms with Gasteiger partial charge in [0.05, 0.1) is 12.7 Å². The van der Waals surface area contributed by atoms with E-state index >= 15 is 0 Å². The van der Waals surface area contributed by atoms with Crippen molar-refractivity contribution in [2.75, 3.05) is 20.2 Å². The summed E-state index contributed by atoms with van der Waals surface area (Å²) >= 11 is 0. The molecule has 1 fully saturated rings.